The zero-order valence-electron chi connectivity index (χ0n) is 21.5. The van der Waals surface area contributed by atoms with Gasteiger partial charge in [0.2, 0.25) is 0 Å². The van der Waals surface area contributed by atoms with Crippen LogP contribution in [0.4, 0.5) is 26.3 Å². The highest BCUT2D eigenvalue weighted by atomic mass is 19.4. The van der Waals surface area contributed by atoms with Crippen molar-refractivity contribution in [2.45, 2.75) is 76.4 Å². The van der Waals surface area contributed by atoms with Crippen molar-refractivity contribution in [3.63, 3.8) is 0 Å². The molecule has 39 heavy (non-hydrogen) atoms. The summed E-state index contributed by atoms with van der Waals surface area (Å²) in [4.78, 5) is 13.6. The van der Waals surface area contributed by atoms with Gasteiger partial charge in [0.1, 0.15) is 11.3 Å². The third kappa shape index (κ3) is 6.31. The van der Waals surface area contributed by atoms with E-state index in [0.717, 1.165) is 44.3 Å². The largest absolute Gasteiger partial charge is 0.490 e. The minimum Gasteiger partial charge on any atom is -0.490 e. The van der Waals surface area contributed by atoms with Crippen LogP contribution in [0.1, 0.15) is 62.5 Å². The average molecular weight is 558 g/mol. The Morgan fingerprint density at radius 2 is 1.64 bits per heavy atom. The number of rotatable bonds is 6. The topological polar surface area (TPSA) is 49.8 Å². The number of likely N-dealkylation sites (tertiary alicyclic amines) is 1. The smallest absolute Gasteiger partial charge is 0.420 e. The van der Waals surface area contributed by atoms with E-state index in [-0.39, 0.29) is 42.7 Å². The zero-order chi connectivity index (χ0) is 27.9. The first-order valence-corrected chi connectivity index (χ1v) is 13.7. The van der Waals surface area contributed by atoms with E-state index in [1.807, 2.05) is 0 Å². The van der Waals surface area contributed by atoms with E-state index in [9.17, 15) is 36.2 Å². The van der Waals surface area contributed by atoms with Crippen LogP contribution in [0, 0.1) is 23.7 Å². The van der Waals surface area contributed by atoms with E-state index >= 15 is 0 Å². The molecular formula is C29H33F6NO3. The van der Waals surface area contributed by atoms with Crippen molar-refractivity contribution in [3.8, 4) is 5.75 Å². The number of carboxylic acid groups (broad SMARTS) is 1. The van der Waals surface area contributed by atoms with Crippen molar-refractivity contribution in [1.82, 2.24) is 4.90 Å². The number of benzene rings is 2. The molecule has 2 unspecified atom stereocenters. The molecule has 5 rings (SSSR count). The molecule has 2 atom stereocenters. The van der Waals surface area contributed by atoms with Gasteiger partial charge in [-0.2, -0.15) is 26.3 Å². The maximum absolute atomic E-state index is 14.1. The van der Waals surface area contributed by atoms with Crippen molar-refractivity contribution in [2.24, 2.45) is 23.7 Å². The highest BCUT2D eigenvalue weighted by Crippen LogP contribution is 2.44. The van der Waals surface area contributed by atoms with E-state index in [4.69, 9.17) is 4.74 Å². The average Bonchev–Trinajstić information content (AvgIpc) is 2.85. The molecule has 3 aliphatic rings. The monoisotopic (exact) mass is 557 g/mol. The molecule has 0 aromatic heterocycles. The number of carbonyl (C=O) groups is 1. The normalized spacial score (nSPS) is 27.3. The maximum atomic E-state index is 14.1. The van der Waals surface area contributed by atoms with Gasteiger partial charge >= 0.3 is 18.3 Å². The summed E-state index contributed by atoms with van der Waals surface area (Å²) in [6.07, 6.45) is -6.39. The first kappa shape index (κ1) is 28.1. The van der Waals surface area contributed by atoms with Gasteiger partial charge in [-0.15, -0.1) is 0 Å². The molecular weight excluding hydrogens is 524 g/mol. The Hall–Kier alpha value is -2.49. The van der Waals surface area contributed by atoms with Crippen molar-refractivity contribution in [3.05, 3.63) is 41.5 Å². The Morgan fingerprint density at radius 3 is 2.28 bits per heavy atom. The number of nitrogens with zero attached hydrogens (tertiary/aromatic N) is 1. The molecule has 0 radical (unpaired) electrons. The van der Waals surface area contributed by atoms with Gasteiger partial charge in [-0.1, -0.05) is 31.0 Å². The van der Waals surface area contributed by atoms with E-state index in [2.05, 4.69) is 4.90 Å². The van der Waals surface area contributed by atoms with Crippen molar-refractivity contribution in [1.29, 1.82) is 0 Å². The van der Waals surface area contributed by atoms with Gasteiger partial charge in [0.25, 0.3) is 0 Å². The fraction of sp³-hybridized carbons (Fsp3) is 0.621. The van der Waals surface area contributed by atoms with Crippen LogP contribution in [0.15, 0.2) is 30.3 Å². The standard InChI is InChI=1S/C29H33F6NO3/c30-28(31,32)22-6-8-23(9-7-22)39-25-11-5-19-12-17(4-10-24(19)26(25)29(33,34)35)14-36-15-21(16-36)18-2-1-3-20(13-18)27(37)38/h4-5,10-12,18,20-23H,1-3,6-9,13-16H2,(H,37,38)/t18?,20?,22-,23+. The summed E-state index contributed by atoms with van der Waals surface area (Å²) in [5, 5.41) is 9.78. The van der Waals surface area contributed by atoms with Crippen LogP contribution in [0.3, 0.4) is 0 Å². The number of halogens is 6. The highest BCUT2D eigenvalue weighted by Gasteiger charge is 2.43. The van der Waals surface area contributed by atoms with E-state index in [0.29, 0.717) is 23.8 Å². The number of carboxylic acids is 1. The third-order valence-electron chi connectivity index (χ3n) is 8.88. The number of alkyl halides is 6. The molecule has 1 aliphatic heterocycles. The van der Waals surface area contributed by atoms with Crippen LogP contribution < -0.4 is 4.74 Å². The molecule has 3 fully saturated rings. The summed E-state index contributed by atoms with van der Waals surface area (Å²) in [7, 11) is 0. The first-order chi connectivity index (χ1) is 18.4. The highest BCUT2D eigenvalue weighted by molar-refractivity contribution is 5.89. The SMILES string of the molecule is O=C(O)C1CCCC(C2CN(Cc3ccc4c(C(F)(F)F)c(O[C@H]5CC[C@@H](C(F)(F)F)CC5)ccc4c3)C2)C1. The quantitative estimate of drug-likeness (QED) is 0.370. The van der Waals surface area contributed by atoms with Gasteiger partial charge in [0, 0.05) is 19.6 Å². The molecule has 1 N–H and O–H groups in total. The molecule has 0 spiro atoms. The number of hydrogen-bond acceptors (Lipinski definition) is 3. The molecule has 2 aromatic rings. The van der Waals surface area contributed by atoms with E-state index < -0.39 is 35.9 Å². The van der Waals surface area contributed by atoms with Crippen molar-refractivity contribution >= 4 is 16.7 Å². The molecule has 2 aromatic carbocycles. The summed E-state index contributed by atoms with van der Waals surface area (Å²) in [6.45, 7) is 2.31. The van der Waals surface area contributed by atoms with Crippen LogP contribution in [-0.2, 0) is 17.5 Å². The Labute approximate surface area is 223 Å². The number of aliphatic carboxylic acids is 1. The second-order valence-corrected chi connectivity index (χ2v) is 11.5. The lowest BCUT2D eigenvalue weighted by molar-refractivity contribution is -0.185. The Bertz CT molecular complexity index is 1180. The first-order valence-electron chi connectivity index (χ1n) is 13.7. The molecule has 10 heteroatoms. The number of ether oxygens (including phenoxy) is 1. The molecule has 4 nitrogen and oxygen atoms in total. The lowest BCUT2D eigenvalue weighted by Crippen LogP contribution is -2.50. The van der Waals surface area contributed by atoms with Crippen molar-refractivity contribution in [2.75, 3.05) is 13.1 Å². The van der Waals surface area contributed by atoms with Gasteiger partial charge in [0.05, 0.1) is 17.9 Å². The Kier molecular flexibility index (Phi) is 7.79. The number of hydrogen-bond donors (Lipinski definition) is 1. The maximum Gasteiger partial charge on any atom is 0.420 e. The molecule has 2 aliphatic carbocycles. The lowest BCUT2D eigenvalue weighted by atomic mass is 9.72. The summed E-state index contributed by atoms with van der Waals surface area (Å²) in [5.74, 6) is -1.88. The lowest BCUT2D eigenvalue weighted by Gasteiger charge is -2.45. The molecule has 1 heterocycles. The molecule has 0 amide bonds. The summed E-state index contributed by atoms with van der Waals surface area (Å²) in [6, 6.07) is 7.75. The van der Waals surface area contributed by atoms with E-state index in [1.54, 1.807) is 18.2 Å². The van der Waals surface area contributed by atoms with Crippen LogP contribution in [0.25, 0.3) is 10.8 Å². The Morgan fingerprint density at radius 1 is 0.923 bits per heavy atom. The second-order valence-electron chi connectivity index (χ2n) is 11.5. The zero-order valence-corrected chi connectivity index (χ0v) is 21.5. The van der Waals surface area contributed by atoms with E-state index in [1.165, 1.54) is 12.1 Å². The fourth-order valence-electron chi connectivity index (χ4n) is 6.71. The summed E-state index contributed by atoms with van der Waals surface area (Å²) >= 11 is 0. The minimum absolute atomic E-state index is 0.0103. The molecule has 2 saturated carbocycles. The molecule has 0 bridgehead atoms. The predicted octanol–water partition coefficient (Wildman–Crippen LogP) is 7.68. The number of fused-ring (bicyclic) bond motifs is 1. The predicted molar refractivity (Wildman–Crippen MR) is 133 cm³/mol. The summed E-state index contributed by atoms with van der Waals surface area (Å²) < 4.78 is 87.0. The Balaban J connectivity index is 1.25. The van der Waals surface area contributed by atoms with Crippen molar-refractivity contribution < 1.29 is 41.0 Å². The van der Waals surface area contributed by atoms with Gasteiger partial charge in [0.15, 0.2) is 0 Å². The fourth-order valence-corrected chi connectivity index (χ4v) is 6.71. The van der Waals surface area contributed by atoms with Gasteiger partial charge in [-0.25, -0.2) is 0 Å². The molecule has 1 saturated heterocycles. The molecule has 214 valence electrons. The van der Waals surface area contributed by atoms with Crippen LogP contribution in [0.2, 0.25) is 0 Å². The van der Waals surface area contributed by atoms with Gasteiger partial charge in [-0.05, 0) is 78.8 Å². The minimum atomic E-state index is -4.68. The van der Waals surface area contributed by atoms with Crippen LogP contribution >= 0.6 is 0 Å². The van der Waals surface area contributed by atoms with Gasteiger partial charge < -0.3 is 9.84 Å². The van der Waals surface area contributed by atoms with Crippen LogP contribution in [0.5, 0.6) is 5.75 Å². The van der Waals surface area contributed by atoms with Gasteiger partial charge in [-0.3, -0.25) is 9.69 Å². The second kappa shape index (κ2) is 10.8. The summed E-state index contributed by atoms with van der Waals surface area (Å²) in [5.41, 5.74) is -0.000866. The van der Waals surface area contributed by atoms with Crippen LogP contribution in [-0.4, -0.2) is 41.3 Å². The third-order valence-corrected chi connectivity index (χ3v) is 8.88.